The topological polar surface area (TPSA) is 232 Å². The van der Waals surface area contributed by atoms with Crippen LogP contribution in [0.15, 0.2) is 131 Å². The number of hydrogen-bond acceptors (Lipinski definition) is 11. The smallest absolute Gasteiger partial charge is 0.311 e. The van der Waals surface area contributed by atoms with Gasteiger partial charge in [0.25, 0.3) is 11.8 Å². The summed E-state index contributed by atoms with van der Waals surface area (Å²) in [5, 5.41) is 15.2. The zero-order valence-corrected chi connectivity index (χ0v) is 45.8. The lowest BCUT2D eigenvalue weighted by Gasteiger charge is -2.21. The molecule has 0 saturated heterocycles. The lowest BCUT2D eigenvalue weighted by Crippen LogP contribution is -2.52. The van der Waals surface area contributed by atoms with E-state index in [9.17, 15) is 33.9 Å². The van der Waals surface area contributed by atoms with Crippen molar-refractivity contribution in [2.45, 2.75) is 138 Å². The number of hydrogen-bond donors (Lipinski definition) is 7. The highest BCUT2D eigenvalue weighted by Gasteiger charge is 2.29. The molecule has 0 bridgehead atoms. The molecule has 0 aliphatic heterocycles. The van der Waals surface area contributed by atoms with Crippen LogP contribution in [0.4, 0.5) is 0 Å². The summed E-state index contributed by atoms with van der Waals surface area (Å²) in [7, 11) is 0. The van der Waals surface area contributed by atoms with E-state index < -0.39 is 59.5 Å². The largest absolute Gasteiger partial charge is 0.481 e. The fourth-order valence-corrected chi connectivity index (χ4v) is 9.48. The molecular formula is C57H82N6O8S2. The molecule has 73 heavy (non-hydrogen) atoms. The Hall–Kier alpha value is -5.68. The SMILES string of the molecule is CC(C)=CCCC(C)=CCCC(C)=CCSCC(NC(=O)C(CC(=O)OC(C)=CCCC(C)=CCCC(C)=CCSCC(NC(=O)CC(Cc1ccccc1)C(=O)O)C(=O)NN)Cc1ccccc1)C(=O)NN. The number of carboxylic acids is 1. The second-order valence-electron chi connectivity index (χ2n) is 18.7. The maximum atomic E-state index is 13.8. The van der Waals surface area contributed by atoms with Gasteiger partial charge in [-0.05, 0) is 130 Å². The number of nitrogens with two attached hydrogens (primary N) is 2. The Bertz CT molecular complexity index is 2240. The van der Waals surface area contributed by atoms with Crippen LogP contribution in [0, 0.1) is 11.8 Å². The number of aliphatic carboxylic acids is 1. The first kappa shape index (κ1) is 63.4. The lowest BCUT2D eigenvalue weighted by molar-refractivity contribution is -0.144. The average molecular weight is 1040 g/mol. The number of carbonyl (C=O) groups excluding carboxylic acids is 5. The molecule has 4 atom stereocenters. The Morgan fingerprint density at radius 2 is 0.973 bits per heavy atom. The monoisotopic (exact) mass is 1040 g/mol. The normalized spacial score (nSPS) is 14.0. The van der Waals surface area contributed by atoms with E-state index in [1.165, 1.54) is 51.4 Å². The third-order valence-electron chi connectivity index (χ3n) is 11.9. The quantitative estimate of drug-likeness (QED) is 0.00651. The van der Waals surface area contributed by atoms with Crippen LogP contribution in [-0.4, -0.2) is 75.8 Å². The molecule has 0 radical (unpaired) electrons. The van der Waals surface area contributed by atoms with Gasteiger partial charge in [0.1, 0.15) is 17.8 Å². The molecule has 0 aliphatic carbocycles. The van der Waals surface area contributed by atoms with Gasteiger partial charge in [0.15, 0.2) is 0 Å². The van der Waals surface area contributed by atoms with Gasteiger partial charge in [-0.3, -0.25) is 39.6 Å². The van der Waals surface area contributed by atoms with Crippen molar-refractivity contribution in [3.05, 3.63) is 142 Å². The van der Waals surface area contributed by atoms with Crippen LogP contribution in [0.5, 0.6) is 0 Å². The van der Waals surface area contributed by atoms with Gasteiger partial charge in [0, 0.05) is 29.4 Å². The van der Waals surface area contributed by atoms with Gasteiger partial charge in [0.2, 0.25) is 11.8 Å². The van der Waals surface area contributed by atoms with Crippen LogP contribution >= 0.6 is 23.5 Å². The van der Waals surface area contributed by atoms with E-state index in [2.05, 4.69) is 86.5 Å². The number of ether oxygens (including phenoxy) is 1. The van der Waals surface area contributed by atoms with E-state index in [-0.39, 0.29) is 31.4 Å². The highest BCUT2D eigenvalue weighted by molar-refractivity contribution is 7.99. The van der Waals surface area contributed by atoms with Gasteiger partial charge < -0.3 is 20.5 Å². The van der Waals surface area contributed by atoms with Gasteiger partial charge in [-0.1, -0.05) is 119 Å². The van der Waals surface area contributed by atoms with E-state index in [0.717, 1.165) is 56.1 Å². The van der Waals surface area contributed by atoms with Crippen molar-refractivity contribution in [3.63, 3.8) is 0 Å². The van der Waals surface area contributed by atoms with Crippen LogP contribution in [0.3, 0.4) is 0 Å². The summed E-state index contributed by atoms with van der Waals surface area (Å²) in [5.74, 6) is 7.77. The molecule has 2 aromatic carbocycles. The summed E-state index contributed by atoms with van der Waals surface area (Å²) in [6.45, 7) is 14.3. The molecule has 0 aromatic heterocycles. The second kappa shape index (κ2) is 37.1. The molecular weight excluding hydrogens is 961 g/mol. The van der Waals surface area contributed by atoms with Crippen molar-refractivity contribution in [1.29, 1.82) is 0 Å². The average Bonchev–Trinajstić information content (AvgIpc) is 3.35. The number of thioether (sulfide) groups is 2. The van der Waals surface area contributed by atoms with Gasteiger partial charge in [-0.15, -0.1) is 0 Å². The van der Waals surface area contributed by atoms with Crippen LogP contribution < -0.4 is 33.2 Å². The van der Waals surface area contributed by atoms with Crippen molar-refractivity contribution >= 4 is 59.1 Å². The van der Waals surface area contributed by atoms with Crippen molar-refractivity contribution in [1.82, 2.24) is 21.5 Å². The standard InChI is InChI=1S/C57H82N6O8S2/c1-40(2)18-14-19-41(3)20-15-22-44(6)31-33-73-39-51(56(68)63-59)61-54(66)48(34-46-26-10-8-11-27-46)37-53(65)71-45(7)25-17-24-42(4)21-16-23-43(5)30-32-72-38-50(55(67)62-58)60-52(64)36-49(57(69)70)35-47-28-12-9-13-29-47/h8-13,18,20-21,25-31,48-51H,14-17,19,22-24,32-39,58-59H2,1-7H3,(H,60,64)(H,61,66)(H,62,67)(H,63,68)(H,69,70). The number of carboxylic acid groups (broad SMARTS) is 1. The summed E-state index contributed by atoms with van der Waals surface area (Å²) < 4.78 is 5.68. The van der Waals surface area contributed by atoms with E-state index >= 15 is 0 Å². The van der Waals surface area contributed by atoms with E-state index in [1.807, 2.05) is 73.7 Å². The second-order valence-corrected chi connectivity index (χ2v) is 20.9. The predicted octanol–water partition coefficient (Wildman–Crippen LogP) is 9.30. The Morgan fingerprint density at radius 3 is 1.42 bits per heavy atom. The minimum Gasteiger partial charge on any atom is -0.481 e. The highest BCUT2D eigenvalue weighted by Crippen LogP contribution is 2.19. The highest BCUT2D eigenvalue weighted by atomic mass is 32.2. The number of carbonyl (C=O) groups is 6. The molecule has 0 aliphatic rings. The van der Waals surface area contributed by atoms with Crippen LogP contribution in [0.25, 0.3) is 0 Å². The van der Waals surface area contributed by atoms with Crippen LogP contribution in [0.1, 0.15) is 124 Å². The zero-order chi connectivity index (χ0) is 54.0. The van der Waals surface area contributed by atoms with Gasteiger partial charge in [-0.2, -0.15) is 23.5 Å². The summed E-state index contributed by atoms with van der Waals surface area (Å²) in [6, 6.07) is 16.7. The van der Waals surface area contributed by atoms with Crippen molar-refractivity contribution < 1.29 is 38.6 Å². The maximum Gasteiger partial charge on any atom is 0.311 e. The minimum absolute atomic E-state index is 0.185. The van der Waals surface area contributed by atoms with Gasteiger partial charge in [0.05, 0.1) is 18.3 Å². The summed E-state index contributed by atoms with van der Waals surface area (Å²) in [6.07, 6.45) is 19.9. The van der Waals surface area contributed by atoms with Crippen molar-refractivity contribution in [2.75, 3.05) is 23.0 Å². The Labute approximate surface area is 443 Å². The molecule has 0 heterocycles. The number of amides is 4. The number of rotatable bonds is 35. The molecule has 16 heteroatoms. The number of allylic oxidation sites excluding steroid dienone is 10. The van der Waals surface area contributed by atoms with Gasteiger partial charge >= 0.3 is 11.9 Å². The molecule has 14 nitrogen and oxygen atoms in total. The Kier molecular flexibility index (Phi) is 32.2. The van der Waals surface area contributed by atoms with E-state index in [4.69, 9.17) is 16.4 Å². The fourth-order valence-electron chi connectivity index (χ4n) is 7.47. The number of hydrazine groups is 2. The minimum atomic E-state index is -1.09. The predicted molar refractivity (Wildman–Crippen MR) is 299 cm³/mol. The fraction of sp³-hybridized carbons (Fsp3) is 0.474. The van der Waals surface area contributed by atoms with Gasteiger partial charge in [-0.25, -0.2) is 11.7 Å². The molecule has 2 rings (SSSR count). The summed E-state index contributed by atoms with van der Waals surface area (Å²) >= 11 is 2.97. The van der Waals surface area contributed by atoms with Crippen molar-refractivity contribution in [2.24, 2.45) is 23.5 Å². The maximum absolute atomic E-state index is 13.8. The summed E-state index contributed by atoms with van der Waals surface area (Å²) in [4.78, 5) is 77.0. The molecule has 400 valence electrons. The third-order valence-corrected chi connectivity index (χ3v) is 13.8. The first-order valence-corrected chi connectivity index (χ1v) is 27.4. The molecule has 9 N–H and O–H groups in total. The van der Waals surface area contributed by atoms with Crippen molar-refractivity contribution in [3.8, 4) is 0 Å². The summed E-state index contributed by atoms with van der Waals surface area (Å²) in [5.41, 5.74) is 12.3. The lowest BCUT2D eigenvalue weighted by atomic mass is 9.95. The van der Waals surface area contributed by atoms with Crippen LogP contribution in [0.2, 0.25) is 0 Å². The van der Waals surface area contributed by atoms with E-state index in [1.54, 1.807) is 6.92 Å². The molecule has 4 amide bonds. The number of nitrogens with one attached hydrogen (secondary N) is 4. The molecule has 0 spiro atoms. The number of esters is 1. The molecule has 2 aromatic rings. The third kappa shape index (κ3) is 29.6. The molecule has 0 fully saturated rings. The van der Waals surface area contributed by atoms with Crippen LogP contribution in [-0.2, 0) is 46.3 Å². The first-order valence-electron chi connectivity index (χ1n) is 25.1. The first-order chi connectivity index (χ1) is 34.9. The zero-order valence-electron chi connectivity index (χ0n) is 44.1. The van der Waals surface area contributed by atoms with E-state index in [0.29, 0.717) is 29.4 Å². The Balaban J connectivity index is 1.87. The molecule has 4 unspecified atom stereocenters. The Morgan fingerprint density at radius 1 is 0.548 bits per heavy atom. The number of benzene rings is 2. The molecule has 0 saturated carbocycles.